The van der Waals surface area contributed by atoms with Gasteiger partial charge >= 0.3 is 0 Å². The van der Waals surface area contributed by atoms with E-state index in [0.717, 1.165) is 6.42 Å². The number of aryl methyl sites for hydroxylation is 1. The second kappa shape index (κ2) is 4.19. The Morgan fingerprint density at radius 3 is 2.94 bits per heavy atom. The lowest BCUT2D eigenvalue weighted by Gasteiger charge is -2.25. The Morgan fingerprint density at radius 1 is 1.29 bits per heavy atom. The van der Waals surface area contributed by atoms with Crippen LogP contribution in [0, 0.1) is 0 Å². The molecular weight excluding hydrogens is 208 g/mol. The number of rotatable bonds is 2. The maximum absolute atomic E-state index is 3.66. The molecule has 1 atom stereocenters. The Morgan fingerprint density at radius 2 is 2.12 bits per heavy atom. The number of hydrogen-bond acceptors (Lipinski definition) is 1. The van der Waals surface area contributed by atoms with E-state index in [4.69, 9.17) is 0 Å². The summed E-state index contributed by atoms with van der Waals surface area (Å²) in [4.78, 5) is 3.56. The molecule has 1 heterocycles. The number of para-hydroxylation sites is 1. The fraction of sp³-hybridized carbons (Fsp3) is 0.467. The monoisotopic (exact) mass is 228 g/mol. The molecule has 2 nitrogen and oxygen atoms in total. The van der Waals surface area contributed by atoms with E-state index in [0.29, 0.717) is 12.1 Å². The van der Waals surface area contributed by atoms with E-state index in [9.17, 15) is 0 Å². The van der Waals surface area contributed by atoms with Crippen LogP contribution in [-0.4, -0.2) is 17.1 Å². The summed E-state index contributed by atoms with van der Waals surface area (Å²) in [6.07, 6.45) is 3.59. The van der Waals surface area contributed by atoms with Gasteiger partial charge in [0.2, 0.25) is 0 Å². The minimum atomic E-state index is 0.576. The molecule has 3 rings (SSSR count). The summed E-state index contributed by atoms with van der Waals surface area (Å²) < 4.78 is 0. The third-order valence-corrected chi connectivity index (χ3v) is 3.66. The molecule has 0 aliphatic heterocycles. The first kappa shape index (κ1) is 10.8. The third-order valence-electron chi connectivity index (χ3n) is 3.66. The maximum Gasteiger partial charge on any atom is 0.0458 e. The van der Waals surface area contributed by atoms with E-state index in [-0.39, 0.29) is 0 Å². The molecule has 2 heteroatoms. The lowest BCUT2D eigenvalue weighted by Crippen LogP contribution is -2.38. The second-order valence-corrected chi connectivity index (χ2v) is 5.39. The number of hydrogen-bond donors (Lipinski definition) is 2. The Hall–Kier alpha value is -1.28. The second-order valence-electron chi connectivity index (χ2n) is 5.39. The Balaban J connectivity index is 1.95. The van der Waals surface area contributed by atoms with Gasteiger partial charge in [0.1, 0.15) is 0 Å². The lowest BCUT2D eigenvalue weighted by molar-refractivity contribution is 0.421. The molecule has 90 valence electrons. The van der Waals surface area contributed by atoms with Gasteiger partial charge in [-0.1, -0.05) is 32.0 Å². The molecule has 0 amide bonds. The average Bonchev–Trinajstić information content (AvgIpc) is 2.66. The van der Waals surface area contributed by atoms with Crippen molar-refractivity contribution in [3.05, 3.63) is 35.5 Å². The topological polar surface area (TPSA) is 27.8 Å². The molecule has 1 aromatic carbocycles. The number of H-pyrrole nitrogens is 1. The van der Waals surface area contributed by atoms with Crippen LogP contribution >= 0.6 is 0 Å². The summed E-state index contributed by atoms with van der Waals surface area (Å²) >= 11 is 0. The van der Waals surface area contributed by atoms with E-state index >= 15 is 0 Å². The number of benzene rings is 1. The van der Waals surface area contributed by atoms with E-state index in [1.165, 1.54) is 35.0 Å². The van der Waals surface area contributed by atoms with Crippen LogP contribution in [0.15, 0.2) is 24.3 Å². The van der Waals surface area contributed by atoms with Crippen molar-refractivity contribution >= 4 is 10.9 Å². The van der Waals surface area contributed by atoms with Crippen molar-refractivity contribution < 1.29 is 0 Å². The molecule has 0 saturated carbocycles. The molecule has 0 fully saturated rings. The van der Waals surface area contributed by atoms with Gasteiger partial charge in [-0.25, -0.2) is 0 Å². The zero-order valence-corrected chi connectivity index (χ0v) is 10.6. The highest BCUT2D eigenvalue weighted by Gasteiger charge is 2.22. The van der Waals surface area contributed by atoms with Gasteiger partial charge in [0, 0.05) is 28.7 Å². The highest BCUT2D eigenvalue weighted by Crippen LogP contribution is 2.29. The van der Waals surface area contributed by atoms with Crippen LogP contribution in [0.2, 0.25) is 0 Å². The van der Waals surface area contributed by atoms with E-state index in [1.54, 1.807) is 0 Å². The van der Waals surface area contributed by atoms with E-state index < -0.39 is 0 Å². The molecule has 1 unspecified atom stereocenters. The largest absolute Gasteiger partial charge is 0.358 e. The fourth-order valence-corrected chi connectivity index (χ4v) is 2.98. The molecule has 0 radical (unpaired) electrons. The van der Waals surface area contributed by atoms with Crippen molar-refractivity contribution in [2.24, 2.45) is 0 Å². The molecule has 2 aromatic rings. The molecule has 0 bridgehead atoms. The molecule has 0 spiro atoms. The molecular formula is C15H20N2. The first-order chi connectivity index (χ1) is 8.24. The smallest absolute Gasteiger partial charge is 0.0458 e. The van der Waals surface area contributed by atoms with E-state index in [2.05, 4.69) is 48.4 Å². The van der Waals surface area contributed by atoms with Gasteiger partial charge < -0.3 is 10.3 Å². The van der Waals surface area contributed by atoms with Crippen LogP contribution in [-0.2, 0) is 12.8 Å². The van der Waals surface area contributed by atoms with Crippen LogP contribution in [0.5, 0.6) is 0 Å². The summed E-state index contributed by atoms with van der Waals surface area (Å²) in [5, 5.41) is 5.08. The zero-order chi connectivity index (χ0) is 11.8. The van der Waals surface area contributed by atoms with Gasteiger partial charge in [0.25, 0.3) is 0 Å². The zero-order valence-electron chi connectivity index (χ0n) is 10.6. The van der Waals surface area contributed by atoms with Gasteiger partial charge in [-0.05, 0) is 30.9 Å². The van der Waals surface area contributed by atoms with Gasteiger partial charge in [-0.2, -0.15) is 0 Å². The number of aromatic nitrogens is 1. The van der Waals surface area contributed by atoms with E-state index in [1.807, 2.05) is 0 Å². The Labute approximate surface area is 102 Å². The Kier molecular flexibility index (Phi) is 2.67. The van der Waals surface area contributed by atoms with Gasteiger partial charge in [-0.3, -0.25) is 0 Å². The third kappa shape index (κ3) is 1.98. The molecule has 1 aliphatic carbocycles. The standard InChI is InChI=1S/C15H20N2/c1-10(2)16-11-7-8-15-13(9-11)12-5-3-4-6-14(12)17-15/h3-6,10-11,16-17H,7-9H2,1-2H3. The quantitative estimate of drug-likeness (QED) is 0.812. The summed E-state index contributed by atoms with van der Waals surface area (Å²) in [5.74, 6) is 0. The average molecular weight is 228 g/mol. The van der Waals surface area contributed by atoms with Gasteiger partial charge in [0.05, 0.1) is 0 Å². The maximum atomic E-state index is 3.66. The first-order valence-corrected chi connectivity index (χ1v) is 6.58. The molecule has 1 aliphatic rings. The number of aromatic amines is 1. The SMILES string of the molecule is CC(C)NC1CCc2[nH]c3ccccc3c2C1. The van der Waals surface area contributed by atoms with Crippen LogP contribution in [0.25, 0.3) is 10.9 Å². The normalized spacial score (nSPS) is 19.8. The van der Waals surface area contributed by atoms with Crippen LogP contribution in [0.1, 0.15) is 31.5 Å². The predicted molar refractivity (Wildman–Crippen MR) is 72.4 cm³/mol. The molecule has 0 saturated heterocycles. The lowest BCUT2D eigenvalue weighted by atomic mass is 9.91. The van der Waals surface area contributed by atoms with Crippen molar-refractivity contribution in [3.8, 4) is 0 Å². The summed E-state index contributed by atoms with van der Waals surface area (Å²) in [5.41, 5.74) is 4.28. The Bertz CT molecular complexity index is 525. The first-order valence-electron chi connectivity index (χ1n) is 6.58. The van der Waals surface area contributed by atoms with Crippen molar-refractivity contribution in [2.75, 3.05) is 0 Å². The molecule has 2 N–H and O–H groups in total. The molecule has 1 aromatic heterocycles. The van der Waals surface area contributed by atoms with Crippen molar-refractivity contribution in [1.82, 2.24) is 10.3 Å². The number of fused-ring (bicyclic) bond motifs is 3. The minimum absolute atomic E-state index is 0.576. The predicted octanol–water partition coefficient (Wildman–Crippen LogP) is 3.02. The van der Waals surface area contributed by atoms with Crippen molar-refractivity contribution in [3.63, 3.8) is 0 Å². The van der Waals surface area contributed by atoms with Crippen molar-refractivity contribution in [2.45, 2.75) is 45.2 Å². The van der Waals surface area contributed by atoms with Crippen LogP contribution < -0.4 is 5.32 Å². The minimum Gasteiger partial charge on any atom is -0.358 e. The highest BCUT2D eigenvalue weighted by atomic mass is 14.9. The molecule has 17 heavy (non-hydrogen) atoms. The number of nitrogens with one attached hydrogen (secondary N) is 2. The van der Waals surface area contributed by atoms with Crippen molar-refractivity contribution in [1.29, 1.82) is 0 Å². The van der Waals surface area contributed by atoms with Gasteiger partial charge in [0.15, 0.2) is 0 Å². The summed E-state index contributed by atoms with van der Waals surface area (Å²) in [6.45, 7) is 4.45. The van der Waals surface area contributed by atoms with Crippen LogP contribution in [0.3, 0.4) is 0 Å². The summed E-state index contributed by atoms with van der Waals surface area (Å²) in [6, 6.07) is 9.87. The highest BCUT2D eigenvalue weighted by molar-refractivity contribution is 5.84. The summed E-state index contributed by atoms with van der Waals surface area (Å²) in [7, 11) is 0. The van der Waals surface area contributed by atoms with Gasteiger partial charge in [-0.15, -0.1) is 0 Å². The van der Waals surface area contributed by atoms with Crippen LogP contribution in [0.4, 0.5) is 0 Å². The fourth-order valence-electron chi connectivity index (χ4n) is 2.98.